The van der Waals surface area contributed by atoms with Gasteiger partial charge in [0.1, 0.15) is 17.2 Å². The van der Waals surface area contributed by atoms with E-state index in [0.717, 1.165) is 41.7 Å². The van der Waals surface area contributed by atoms with Gasteiger partial charge >= 0.3 is 11.9 Å². The highest BCUT2D eigenvalue weighted by Gasteiger charge is 2.17. The normalized spacial score (nSPS) is 12.6. The number of unbranched alkanes of at least 4 members (excludes halogenated alkanes) is 3. The van der Waals surface area contributed by atoms with Gasteiger partial charge in [0.05, 0.1) is 18.8 Å². The van der Waals surface area contributed by atoms with Gasteiger partial charge in [-0.2, -0.15) is 0 Å². The van der Waals surface area contributed by atoms with Crippen molar-refractivity contribution >= 4 is 24.1 Å². The van der Waals surface area contributed by atoms with Crippen molar-refractivity contribution < 1.29 is 28.5 Å². The largest absolute Gasteiger partial charge is 0.493 e. The molecule has 0 aliphatic heterocycles. The van der Waals surface area contributed by atoms with Gasteiger partial charge in [0.2, 0.25) is 0 Å². The lowest BCUT2D eigenvalue weighted by molar-refractivity contribution is -0.146. The summed E-state index contributed by atoms with van der Waals surface area (Å²) in [7, 11) is 0. The molecule has 42 heavy (non-hydrogen) atoms. The summed E-state index contributed by atoms with van der Waals surface area (Å²) in [4.78, 5) is 25.0. The second-order valence-electron chi connectivity index (χ2n) is 10.7. The lowest BCUT2D eigenvalue weighted by Gasteiger charge is -2.15. The number of carbonyl (C=O) groups is 2. The van der Waals surface area contributed by atoms with E-state index >= 15 is 0 Å². The first-order valence-electron chi connectivity index (χ1n) is 15.0. The van der Waals surface area contributed by atoms with Crippen LogP contribution in [0.4, 0.5) is 0 Å². The number of hydrogen-bond donors (Lipinski definition) is 0. The molecule has 0 aromatic heterocycles. The van der Waals surface area contributed by atoms with Gasteiger partial charge in [-0.05, 0) is 85.3 Å². The summed E-state index contributed by atoms with van der Waals surface area (Å²) < 4.78 is 22.5. The molecule has 3 rings (SSSR count). The number of hydrogen-bond acceptors (Lipinski definition) is 6. The molecule has 0 amide bonds. The smallest absolute Gasteiger partial charge is 0.343 e. The number of benzene rings is 3. The van der Waals surface area contributed by atoms with Crippen LogP contribution in [0.15, 0.2) is 66.7 Å². The lowest BCUT2D eigenvalue weighted by atomic mass is 10.1. The molecular weight excluding hydrogens is 528 g/mol. The van der Waals surface area contributed by atoms with Crippen LogP contribution in [0.3, 0.4) is 0 Å². The highest BCUT2D eigenvalue weighted by Crippen LogP contribution is 2.22. The highest BCUT2D eigenvalue weighted by atomic mass is 16.6. The van der Waals surface area contributed by atoms with Gasteiger partial charge in [0, 0.05) is 0 Å². The van der Waals surface area contributed by atoms with Crippen LogP contribution in [0.1, 0.15) is 86.8 Å². The zero-order valence-electron chi connectivity index (χ0n) is 25.6. The summed E-state index contributed by atoms with van der Waals surface area (Å²) in [6, 6.07) is 20.0. The molecule has 0 aliphatic rings. The van der Waals surface area contributed by atoms with Gasteiger partial charge < -0.3 is 18.9 Å². The zero-order chi connectivity index (χ0) is 30.3. The van der Waals surface area contributed by atoms with E-state index < -0.39 is 18.0 Å². The third-order valence-corrected chi connectivity index (χ3v) is 6.98. The average Bonchev–Trinajstić information content (AvgIpc) is 3.00. The Morgan fingerprint density at radius 1 is 0.786 bits per heavy atom. The molecule has 0 radical (unpaired) electrons. The first-order valence-corrected chi connectivity index (χ1v) is 15.0. The first-order chi connectivity index (χ1) is 20.3. The van der Waals surface area contributed by atoms with Gasteiger partial charge in [-0.25, -0.2) is 9.59 Å². The van der Waals surface area contributed by atoms with Crippen molar-refractivity contribution in [1.82, 2.24) is 0 Å². The molecule has 0 bridgehead atoms. The van der Waals surface area contributed by atoms with Gasteiger partial charge in [-0.1, -0.05) is 82.9 Å². The molecule has 0 spiro atoms. The van der Waals surface area contributed by atoms with E-state index in [1.54, 1.807) is 43.3 Å². The Hall–Kier alpha value is -3.90. The van der Waals surface area contributed by atoms with E-state index in [1.807, 2.05) is 49.4 Å². The van der Waals surface area contributed by atoms with E-state index in [9.17, 15) is 9.59 Å². The molecule has 0 fully saturated rings. The van der Waals surface area contributed by atoms with Crippen molar-refractivity contribution in [1.29, 1.82) is 0 Å². The van der Waals surface area contributed by atoms with Crippen LogP contribution >= 0.6 is 0 Å². The number of rotatable bonds is 16. The molecule has 0 N–H and O–H groups in total. The molecule has 0 saturated carbocycles. The lowest BCUT2D eigenvalue weighted by Crippen LogP contribution is -2.27. The van der Waals surface area contributed by atoms with Crippen LogP contribution in [0, 0.1) is 12.8 Å². The minimum atomic E-state index is -0.616. The van der Waals surface area contributed by atoms with Crippen molar-refractivity contribution in [3.05, 3.63) is 89.0 Å². The van der Waals surface area contributed by atoms with Crippen molar-refractivity contribution in [2.75, 3.05) is 13.2 Å². The summed E-state index contributed by atoms with van der Waals surface area (Å²) in [6.07, 6.45) is 8.90. The highest BCUT2D eigenvalue weighted by molar-refractivity contribution is 5.91. The molecule has 0 aliphatic carbocycles. The summed E-state index contributed by atoms with van der Waals surface area (Å²) >= 11 is 0. The van der Waals surface area contributed by atoms with Crippen LogP contribution in [0.2, 0.25) is 0 Å². The van der Waals surface area contributed by atoms with Crippen molar-refractivity contribution in [2.24, 2.45) is 5.92 Å². The number of aryl methyl sites for hydroxylation is 1. The standard InChI is InChI=1S/C36H44O6/c1-6-8-9-10-23-39-34-22-17-31(24-27(34)4)36(38)42-33-20-15-30(16-21-33)12-11-29-13-18-32(19-14-29)41-35(37)28(5)40-25-26(3)7-2/h11-22,24,26,28H,6-10,23,25H2,1-5H3/b12-11+/t26-,28?/m0/s1. The fraction of sp³-hybridized carbons (Fsp3) is 0.389. The fourth-order valence-corrected chi connectivity index (χ4v) is 4.00. The monoisotopic (exact) mass is 572 g/mol. The van der Waals surface area contributed by atoms with Gasteiger partial charge in [-0.3, -0.25) is 0 Å². The average molecular weight is 573 g/mol. The van der Waals surface area contributed by atoms with E-state index in [2.05, 4.69) is 20.8 Å². The van der Waals surface area contributed by atoms with Crippen molar-refractivity contribution in [2.45, 2.75) is 72.8 Å². The topological polar surface area (TPSA) is 71.1 Å². The van der Waals surface area contributed by atoms with Crippen LogP contribution < -0.4 is 14.2 Å². The second kappa shape index (κ2) is 17.1. The zero-order valence-corrected chi connectivity index (χ0v) is 25.6. The summed E-state index contributed by atoms with van der Waals surface area (Å²) in [6.45, 7) is 11.2. The fourth-order valence-electron chi connectivity index (χ4n) is 4.00. The van der Waals surface area contributed by atoms with E-state index in [4.69, 9.17) is 18.9 Å². The second-order valence-corrected chi connectivity index (χ2v) is 10.7. The minimum Gasteiger partial charge on any atom is -0.493 e. The van der Waals surface area contributed by atoms with E-state index in [1.165, 1.54) is 12.8 Å². The molecular formula is C36H44O6. The molecule has 1 unspecified atom stereocenters. The van der Waals surface area contributed by atoms with Crippen molar-refractivity contribution in [3.63, 3.8) is 0 Å². The Kier molecular flexibility index (Phi) is 13.3. The Balaban J connectivity index is 1.48. The Bertz CT molecular complexity index is 1290. The molecule has 0 heterocycles. The maximum Gasteiger partial charge on any atom is 0.343 e. The van der Waals surface area contributed by atoms with Crippen LogP contribution in [-0.2, 0) is 9.53 Å². The molecule has 2 atom stereocenters. The number of esters is 2. The predicted octanol–water partition coefficient (Wildman–Crippen LogP) is 8.70. The molecule has 6 heteroatoms. The van der Waals surface area contributed by atoms with Crippen molar-refractivity contribution in [3.8, 4) is 17.2 Å². The summed E-state index contributed by atoms with van der Waals surface area (Å²) in [5.74, 6) is 1.33. The van der Waals surface area contributed by atoms with E-state index in [-0.39, 0.29) is 0 Å². The van der Waals surface area contributed by atoms with Crippen LogP contribution in [-0.4, -0.2) is 31.3 Å². The third-order valence-electron chi connectivity index (χ3n) is 6.98. The van der Waals surface area contributed by atoms with Gasteiger partial charge in [-0.15, -0.1) is 0 Å². The van der Waals surface area contributed by atoms with Crippen LogP contribution in [0.25, 0.3) is 12.2 Å². The third kappa shape index (κ3) is 10.8. The maximum absolute atomic E-state index is 12.7. The maximum atomic E-state index is 12.7. The van der Waals surface area contributed by atoms with Crippen LogP contribution in [0.5, 0.6) is 17.2 Å². The number of carbonyl (C=O) groups excluding carboxylic acids is 2. The number of ether oxygens (including phenoxy) is 4. The SMILES string of the molecule is CCCCCCOc1ccc(C(=O)Oc2ccc(/C=C/c3ccc(OC(=O)C(C)OC[C@@H](C)CC)cc3)cc2)cc1C. The minimum absolute atomic E-state index is 0.398. The summed E-state index contributed by atoms with van der Waals surface area (Å²) in [5.41, 5.74) is 3.30. The Morgan fingerprint density at radius 3 is 1.98 bits per heavy atom. The summed E-state index contributed by atoms with van der Waals surface area (Å²) in [5, 5.41) is 0. The predicted molar refractivity (Wildman–Crippen MR) is 168 cm³/mol. The molecule has 224 valence electrons. The Labute approximate surface area is 250 Å². The van der Waals surface area contributed by atoms with E-state index in [0.29, 0.717) is 36.2 Å². The molecule has 3 aromatic rings. The Morgan fingerprint density at radius 2 is 1.40 bits per heavy atom. The molecule has 3 aromatic carbocycles. The first kappa shape index (κ1) is 32.6. The molecule has 6 nitrogen and oxygen atoms in total. The molecule has 0 saturated heterocycles. The quantitative estimate of drug-likeness (QED) is 0.0740. The van der Waals surface area contributed by atoms with Gasteiger partial charge in [0.15, 0.2) is 6.10 Å². The van der Waals surface area contributed by atoms with Gasteiger partial charge in [0.25, 0.3) is 0 Å².